The summed E-state index contributed by atoms with van der Waals surface area (Å²) in [6.45, 7) is 3.26. The zero-order chi connectivity index (χ0) is 14.8. The average Bonchev–Trinajstić information content (AvgIpc) is 2.94. The summed E-state index contributed by atoms with van der Waals surface area (Å²) in [4.78, 5) is 12.3. The molecule has 1 amide bonds. The minimum atomic E-state index is -0.131. The molecule has 0 aliphatic carbocycles. The lowest BCUT2D eigenvalue weighted by atomic mass is 10.1. The van der Waals surface area contributed by atoms with Crippen molar-refractivity contribution in [3.8, 4) is 0 Å². The molecule has 21 heavy (non-hydrogen) atoms. The molecule has 108 valence electrons. The van der Waals surface area contributed by atoms with Crippen LogP contribution >= 0.6 is 0 Å². The number of nitrogen functional groups attached to an aromatic ring is 1. The Bertz CT molecular complexity index is 695. The average molecular weight is 282 g/mol. The first-order valence-corrected chi connectivity index (χ1v) is 7.06. The van der Waals surface area contributed by atoms with E-state index in [1.54, 1.807) is 6.07 Å². The first-order chi connectivity index (χ1) is 10.2. The van der Waals surface area contributed by atoms with Gasteiger partial charge in [0.1, 0.15) is 0 Å². The summed E-state index contributed by atoms with van der Waals surface area (Å²) < 4.78 is 5.36. The minimum absolute atomic E-state index is 0.131. The maximum absolute atomic E-state index is 12.3. The fraction of sp³-hybridized carbons (Fsp3) is 0.235. The normalized spacial score (nSPS) is 13.0. The van der Waals surface area contributed by atoms with Gasteiger partial charge in [-0.05, 0) is 47.4 Å². The summed E-state index contributed by atoms with van der Waals surface area (Å²) in [5.74, 6) is -0.131. The van der Waals surface area contributed by atoms with Crippen LogP contribution < -0.4 is 11.1 Å². The molecule has 3 rings (SSSR count). The Kier molecular flexibility index (Phi) is 3.62. The van der Waals surface area contributed by atoms with Gasteiger partial charge in [0.2, 0.25) is 0 Å². The van der Waals surface area contributed by atoms with Crippen molar-refractivity contribution in [2.75, 3.05) is 11.1 Å². The van der Waals surface area contributed by atoms with Crippen LogP contribution in [0.3, 0.4) is 0 Å². The van der Waals surface area contributed by atoms with Crippen molar-refractivity contribution in [3.63, 3.8) is 0 Å². The summed E-state index contributed by atoms with van der Waals surface area (Å²) in [6.07, 6.45) is 0.880. The number of nitrogens with two attached hydrogens (primary N) is 1. The van der Waals surface area contributed by atoms with Crippen molar-refractivity contribution < 1.29 is 9.53 Å². The van der Waals surface area contributed by atoms with Crippen molar-refractivity contribution in [1.82, 2.24) is 0 Å². The van der Waals surface area contributed by atoms with E-state index in [-0.39, 0.29) is 5.91 Å². The van der Waals surface area contributed by atoms with Gasteiger partial charge < -0.3 is 15.8 Å². The van der Waals surface area contributed by atoms with E-state index >= 15 is 0 Å². The number of nitrogens with one attached hydrogen (secondary N) is 1. The van der Waals surface area contributed by atoms with Crippen molar-refractivity contribution in [1.29, 1.82) is 0 Å². The molecule has 0 spiro atoms. The Hall–Kier alpha value is -2.33. The number of aryl methyl sites for hydroxylation is 1. The molecule has 0 radical (unpaired) electrons. The van der Waals surface area contributed by atoms with E-state index in [4.69, 9.17) is 10.5 Å². The molecule has 0 saturated heterocycles. The number of fused-ring (bicyclic) bond motifs is 1. The highest BCUT2D eigenvalue weighted by Gasteiger charge is 2.14. The summed E-state index contributed by atoms with van der Waals surface area (Å²) >= 11 is 0. The van der Waals surface area contributed by atoms with Gasteiger partial charge in [0.25, 0.3) is 5.91 Å². The molecule has 0 unspecified atom stereocenters. The standard InChI is InChI=1S/C17H18N2O2/c1-2-11-5-6-15(8-16(11)18)19-17(20)12-3-4-13-9-21-10-14(13)7-12/h3-8H,2,9-10,18H2,1H3,(H,19,20). The van der Waals surface area contributed by atoms with Gasteiger partial charge in [-0.1, -0.05) is 19.1 Å². The highest BCUT2D eigenvalue weighted by molar-refractivity contribution is 6.04. The second kappa shape index (κ2) is 5.58. The first kappa shape index (κ1) is 13.6. The van der Waals surface area contributed by atoms with Crippen LogP contribution in [-0.4, -0.2) is 5.91 Å². The zero-order valence-corrected chi connectivity index (χ0v) is 12.0. The van der Waals surface area contributed by atoms with E-state index in [1.165, 1.54) is 0 Å². The Morgan fingerprint density at radius 1 is 1.19 bits per heavy atom. The van der Waals surface area contributed by atoms with Crippen LogP contribution in [0.25, 0.3) is 0 Å². The van der Waals surface area contributed by atoms with E-state index in [0.29, 0.717) is 30.2 Å². The van der Waals surface area contributed by atoms with Gasteiger partial charge >= 0.3 is 0 Å². The smallest absolute Gasteiger partial charge is 0.255 e. The van der Waals surface area contributed by atoms with Gasteiger partial charge in [-0.2, -0.15) is 0 Å². The van der Waals surface area contributed by atoms with Crippen LogP contribution in [0, 0.1) is 0 Å². The lowest BCUT2D eigenvalue weighted by Gasteiger charge is -2.09. The second-order valence-corrected chi connectivity index (χ2v) is 5.20. The van der Waals surface area contributed by atoms with Gasteiger partial charge in [-0.3, -0.25) is 4.79 Å². The quantitative estimate of drug-likeness (QED) is 0.850. The number of carbonyl (C=O) groups excluding carboxylic acids is 1. The van der Waals surface area contributed by atoms with Crippen LogP contribution in [0.2, 0.25) is 0 Å². The fourth-order valence-corrected chi connectivity index (χ4v) is 2.51. The van der Waals surface area contributed by atoms with Gasteiger partial charge in [-0.15, -0.1) is 0 Å². The third kappa shape index (κ3) is 2.76. The second-order valence-electron chi connectivity index (χ2n) is 5.20. The van der Waals surface area contributed by atoms with E-state index in [9.17, 15) is 4.79 Å². The van der Waals surface area contributed by atoms with Gasteiger partial charge in [-0.25, -0.2) is 0 Å². The topological polar surface area (TPSA) is 64.3 Å². The number of hydrogen-bond acceptors (Lipinski definition) is 3. The van der Waals surface area contributed by atoms with Crippen LogP contribution in [0.15, 0.2) is 36.4 Å². The largest absolute Gasteiger partial charge is 0.398 e. The number of rotatable bonds is 3. The molecule has 0 fully saturated rings. The molecule has 1 aliphatic rings. The van der Waals surface area contributed by atoms with E-state index in [0.717, 1.165) is 23.1 Å². The number of carbonyl (C=O) groups is 1. The third-order valence-electron chi connectivity index (χ3n) is 3.77. The highest BCUT2D eigenvalue weighted by atomic mass is 16.5. The number of amides is 1. The molecule has 0 saturated carbocycles. The Morgan fingerprint density at radius 3 is 2.76 bits per heavy atom. The van der Waals surface area contributed by atoms with E-state index in [2.05, 4.69) is 12.2 Å². The molecule has 0 atom stereocenters. The van der Waals surface area contributed by atoms with Crippen LogP contribution in [0.4, 0.5) is 11.4 Å². The van der Waals surface area contributed by atoms with Gasteiger partial charge in [0.05, 0.1) is 13.2 Å². The number of hydrogen-bond donors (Lipinski definition) is 2. The highest BCUT2D eigenvalue weighted by Crippen LogP contribution is 2.22. The predicted molar refractivity (Wildman–Crippen MR) is 83.1 cm³/mol. The maximum Gasteiger partial charge on any atom is 0.255 e. The molecule has 0 bridgehead atoms. The van der Waals surface area contributed by atoms with Gasteiger partial charge in [0, 0.05) is 16.9 Å². The molecule has 4 nitrogen and oxygen atoms in total. The predicted octanol–water partition coefficient (Wildman–Crippen LogP) is 3.11. The molecule has 0 aromatic heterocycles. The summed E-state index contributed by atoms with van der Waals surface area (Å²) in [5.41, 5.74) is 11.3. The molecule has 2 aromatic carbocycles. The Labute approximate surface area is 123 Å². The molecular weight excluding hydrogens is 264 g/mol. The molecule has 2 aromatic rings. The fourth-order valence-electron chi connectivity index (χ4n) is 2.51. The molecule has 3 N–H and O–H groups in total. The summed E-state index contributed by atoms with van der Waals surface area (Å²) in [6, 6.07) is 11.3. The van der Waals surface area contributed by atoms with Crippen molar-refractivity contribution >= 4 is 17.3 Å². The van der Waals surface area contributed by atoms with Crippen LogP contribution in [-0.2, 0) is 24.4 Å². The lowest BCUT2D eigenvalue weighted by molar-refractivity contribution is 0.102. The maximum atomic E-state index is 12.3. The number of ether oxygens (including phenoxy) is 1. The summed E-state index contributed by atoms with van der Waals surface area (Å²) in [5, 5.41) is 2.88. The SMILES string of the molecule is CCc1ccc(NC(=O)c2ccc3c(c2)COC3)cc1N. The molecule has 4 heteroatoms. The lowest BCUT2D eigenvalue weighted by Crippen LogP contribution is -2.12. The number of anilines is 2. The third-order valence-corrected chi connectivity index (χ3v) is 3.77. The molecule has 1 aliphatic heterocycles. The van der Waals surface area contributed by atoms with Gasteiger partial charge in [0.15, 0.2) is 0 Å². The van der Waals surface area contributed by atoms with Crippen molar-refractivity contribution in [2.24, 2.45) is 0 Å². The first-order valence-electron chi connectivity index (χ1n) is 7.06. The Morgan fingerprint density at radius 2 is 2.00 bits per heavy atom. The zero-order valence-electron chi connectivity index (χ0n) is 12.0. The molecular formula is C17H18N2O2. The number of benzene rings is 2. The van der Waals surface area contributed by atoms with Crippen molar-refractivity contribution in [2.45, 2.75) is 26.6 Å². The van der Waals surface area contributed by atoms with Crippen molar-refractivity contribution in [3.05, 3.63) is 58.7 Å². The molecule has 1 heterocycles. The Balaban J connectivity index is 1.78. The van der Waals surface area contributed by atoms with E-state index in [1.807, 2.05) is 30.3 Å². The monoisotopic (exact) mass is 282 g/mol. The van der Waals surface area contributed by atoms with E-state index < -0.39 is 0 Å². The summed E-state index contributed by atoms with van der Waals surface area (Å²) in [7, 11) is 0. The van der Waals surface area contributed by atoms with Crippen LogP contribution in [0.5, 0.6) is 0 Å². The minimum Gasteiger partial charge on any atom is -0.398 e. The van der Waals surface area contributed by atoms with Crippen LogP contribution in [0.1, 0.15) is 34.0 Å².